The highest BCUT2D eigenvalue weighted by molar-refractivity contribution is 6.08. The molecule has 0 aromatic heterocycles. The Bertz CT molecular complexity index is 991. The van der Waals surface area contributed by atoms with Gasteiger partial charge in [0.2, 0.25) is 0 Å². The Morgan fingerprint density at radius 1 is 1.17 bits per heavy atom. The third-order valence-electron chi connectivity index (χ3n) is 5.91. The van der Waals surface area contributed by atoms with Crippen molar-refractivity contribution in [3.8, 4) is 0 Å². The second kappa shape index (κ2) is 7.82. The van der Waals surface area contributed by atoms with Gasteiger partial charge in [-0.1, -0.05) is 55.0 Å². The molecule has 4 rings (SSSR count). The summed E-state index contributed by atoms with van der Waals surface area (Å²) in [4.78, 5) is 40.4. The lowest BCUT2D eigenvalue weighted by Gasteiger charge is -2.31. The molecule has 30 heavy (non-hydrogen) atoms. The van der Waals surface area contributed by atoms with E-state index in [1.165, 1.54) is 11.1 Å². The molecule has 7 nitrogen and oxygen atoms in total. The van der Waals surface area contributed by atoms with Crippen LogP contribution in [0.1, 0.15) is 36.5 Å². The molecular weight excluding hydrogens is 380 g/mol. The number of amides is 4. The highest BCUT2D eigenvalue weighted by atomic mass is 16.2. The number of fused-ring (bicyclic) bond motifs is 1. The predicted molar refractivity (Wildman–Crippen MR) is 114 cm³/mol. The van der Waals surface area contributed by atoms with Crippen molar-refractivity contribution >= 4 is 23.5 Å². The van der Waals surface area contributed by atoms with Gasteiger partial charge in [0.25, 0.3) is 11.8 Å². The van der Waals surface area contributed by atoms with Crippen LogP contribution in [-0.2, 0) is 21.5 Å². The number of carbonyl (C=O) groups is 3. The Morgan fingerprint density at radius 3 is 2.67 bits per heavy atom. The third kappa shape index (κ3) is 3.40. The van der Waals surface area contributed by atoms with Crippen molar-refractivity contribution in [2.45, 2.75) is 38.6 Å². The maximum Gasteiger partial charge on any atom is 0.344 e. The van der Waals surface area contributed by atoms with Crippen LogP contribution >= 0.6 is 0 Å². The molecule has 2 N–H and O–H groups in total. The normalized spacial score (nSPS) is 20.7. The minimum atomic E-state index is -1.17. The van der Waals surface area contributed by atoms with Gasteiger partial charge in [-0.15, -0.1) is 0 Å². The molecule has 0 saturated carbocycles. The number of hydrogen-bond acceptors (Lipinski definition) is 4. The number of anilines is 1. The lowest BCUT2D eigenvalue weighted by atomic mass is 9.87. The second-order valence-corrected chi connectivity index (χ2v) is 7.89. The molecule has 2 heterocycles. The Hall–Kier alpha value is -3.35. The largest absolute Gasteiger partial charge is 0.362 e. The van der Waals surface area contributed by atoms with Crippen molar-refractivity contribution in [2.24, 2.45) is 0 Å². The van der Waals surface area contributed by atoms with Gasteiger partial charge < -0.3 is 10.2 Å². The maximum atomic E-state index is 13.1. The van der Waals surface area contributed by atoms with Crippen LogP contribution in [0.3, 0.4) is 0 Å². The summed E-state index contributed by atoms with van der Waals surface area (Å²) >= 11 is 0. The Morgan fingerprint density at radius 2 is 1.93 bits per heavy atom. The fourth-order valence-electron chi connectivity index (χ4n) is 4.34. The molecule has 0 unspecified atom stereocenters. The summed E-state index contributed by atoms with van der Waals surface area (Å²) in [6.45, 7) is 4.73. The summed E-state index contributed by atoms with van der Waals surface area (Å²) in [5.41, 5.74) is 5.49. The number of aryl methyl sites for hydroxylation is 2. The van der Waals surface area contributed by atoms with E-state index in [0.717, 1.165) is 30.1 Å². The van der Waals surface area contributed by atoms with Crippen LogP contribution in [0, 0.1) is 6.92 Å². The first-order valence-electron chi connectivity index (χ1n) is 10.3. The van der Waals surface area contributed by atoms with Crippen molar-refractivity contribution in [1.29, 1.82) is 0 Å². The summed E-state index contributed by atoms with van der Waals surface area (Å²) in [6, 6.07) is 14.7. The molecule has 1 saturated heterocycles. The van der Waals surface area contributed by atoms with E-state index >= 15 is 0 Å². The van der Waals surface area contributed by atoms with Crippen molar-refractivity contribution in [2.75, 3.05) is 18.0 Å². The molecule has 0 bridgehead atoms. The third-order valence-corrected chi connectivity index (χ3v) is 5.91. The molecule has 2 aromatic carbocycles. The first kappa shape index (κ1) is 19.9. The van der Waals surface area contributed by atoms with E-state index in [4.69, 9.17) is 0 Å². The Balaban J connectivity index is 1.49. The van der Waals surface area contributed by atoms with Crippen molar-refractivity contribution in [1.82, 2.24) is 15.8 Å². The number of benzene rings is 2. The van der Waals surface area contributed by atoms with E-state index < -0.39 is 23.4 Å². The standard InChI is InChI=1S/C23H26N4O3/c1-3-23(18-9-5-4-6-10-18)21(29)27(22(30)24-23)25-20(28)15-26-13-7-8-17-14-16(2)11-12-19(17)26/h4-6,9-12,14H,3,7-8,13,15H2,1-2H3,(H,24,30)(H,25,28)/t23-/m0/s1. The van der Waals surface area contributed by atoms with Crippen molar-refractivity contribution < 1.29 is 14.4 Å². The number of urea groups is 1. The zero-order chi connectivity index (χ0) is 21.3. The lowest BCUT2D eigenvalue weighted by molar-refractivity contribution is -0.139. The molecule has 1 fully saturated rings. The minimum Gasteiger partial charge on any atom is -0.362 e. The molecule has 4 amide bonds. The number of carbonyl (C=O) groups excluding carboxylic acids is 3. The number of imide groups is 1. The zero-order valence-corrected chi connectivity index (χ0v) is 17.3. The van der Waals surface area contributed by atoms with Gasteiger partial charge in [-0.05, 0) is 43.4 Å². The summed E-state index contributed by atoms with van der Waals surface area (Å²) in [5.74, 6) is -0.865. The van der Waals surface area contributed by atoms with Crippen LogP contribution in [-0.4, -0.2) is 35.9 Å². The van der Waals surface area contributed by atoms with Gasteiger partial charge in [0.05, 0.1) is 6.54 Å². The van der Waals surface area contributed by atoms with Crippen LogP contribution in [0.15, 0.2) is 48.5 Å². The van der Waals surface area contributed by atoms with Gasteiger partial charge in [-0.2, -0.15) is 5.01 Å². The number of nitrogens with one attached hydrogen (secondary N) is 2. The van der Waals surface area contributed by atoms with Crippen LogP contribution < -0.4 is 15.6 Å². The van der Waals surface area contributed by atoms with E-state index in [9.17, 15) is 14.4 Å². The molecule has 2 aliphatic rings. The van der Waals surface area contributed by atoms with E-state index in [-0.39, 0.29) is 6.54 Å². The van der Waals surface area contributed by atoms with Gasteiger partial charge in [0.1, 0.15) is 5.54 Å². The molecule has 7 heteroatoms. The molecule has 0 aliphatic carbocycles. The van der Waals surface area contributed by atoms with E-state index in [1.807, 2.05) is 42.2 Å². The van der Waals surface area contributed by atoms with Gasteiger partial charge in [0, 0.05) is 12.2 Å². The smallest absolute Gasteiger partial charge is 0.344 e. The van der Waals surface area contributed by atoms with Crippen molar-refractivity contribution in [3.63, 3.8) is 0 Å². The van der Waals surface area contributed by atoms with Gasteiger partial charge in [0.15, 0.2) is 0 Å². The topological polar surface area (TPSA) is 81.8 Å². The number of hydrazine groups is 1. The fourth-order valence-corrected chi connectivity index (χ4v) is 4.34. The van der Waals surface area contributed by atoms with Crippen molar-refractivity contribution in [3.05, 3.63) is 65.2 Å². The van der Waals surface area contributed by atoms with E-state index in [0.29, 0.717) is 12.0 Å². The summed E-state index contributed by atoms with van der Waals surface area (Å²) in [5, 5.41) is 3.59. The summed E-state index contributed by atoms with van der Waals surface area (Å²) in [7, 11) is 0. The zero-order valence-electron chi connectivity index (χ0n) is 17.3. The molecule has 0 spiro atoms. The van der Waals surface area contributed by atoms with E-state index in [1.54, 1.807) is 12.1 Å². The predicted octanol–water partition coefficient (Wildman–Crippen LogP) is 2.64. The van der Waals surface area contributed by atoms with Crippen LogP contribution in [0.4, 0.5) is 10.5 Å². The SMILES string of the molecule is CC[C@@]1(c2ccccc2)NC(=O)N(NC(=O)CN2CCCc3cc(C)ccc32)C1=O. The first-order chi connectivity index (χ1) is 14.4. The summed E-state index contributed by atoms with van der Waals surface area (Å²) < 4.78 is 0. The van der Waals surface area contributed by atoms with E-state index in [2.05, 4.69) is 23.7 Å². The molecular formula is C23H26N4O3. The van der Waals surface area contributed by atoms with Gasteiger partial charge in [-0.25, -0.2) is 4.79 Å². The molecule has 156 valence electrons. The molecule has 2 aliphatic heterocycles. The average molecular weight is 406 g/mol. The Kier molecular flexibility index (Phi) is 5.20. The number of rotatable bonds is 5. The number of hydrogen-bond donors (Lipinski definition) is 2. The second-order valence-electron chi connectivity index (χ2n) is 7.89. The summed E-state index contributed by atoms with van der Waals surface area (Å²) in [6.07, 6.45) is 2.32. The average Bonchev–Trinajstić information content (AvgIpc) is 2.99. The molecule has 0 radical (unpaired) electrons. The van der Waals surface area contributed by atoms with Crippen LogP contribution in [0.5, 0.6) is 0 Å². The number of nitrogens with zero attached hydrogens (tertiary/aromatic N) is 2. The van der Waals surface area contributed by atoms with Crippen LogP contribution in [0.25, 0.3) is 0 Å². The fraction of sp³-hybridized carbons (Fsp3) is 0.348. The highest BCUT2D eigenvalue weighted by Gasteiger charge is 2.52. The molecule has 1 atom stereocenters. The lowest BCUT2D eigenvalue weighted by Crippen LogP contribution is -2.51. The van der Waals surface area contributed by atoms with Gasteiger partial charge >= 0.3 is 6.03 Å². The first-order valence-corrected chi connectivity index (χ1v) is 10.3. The monoisotopic (exact) mass is 406 g/mol. The maximum absolute atomic E-state index is 13.1. The van der Waals surface area contributed by atoms with Gasteiger partial charge in [-0.3, -0.25) is 15.0 Å². The molecule has 2 aromatic rings. The minimum absolute atomic E-state index is 0.0809. The Labute approximate surface area is 176 Å². The quantitative estimate of drug-likeness (QED) is 0.748. The highest BCUT2D eigenvalue weighted by Crippen LogP contribution is 2.32. The van der Waals surface area contributed by atoms with Crippen LogP contribution in [0.2, 0.25) is 0 Å².